The van der Waals surface area contributed by atoms with Crippen molar-refractivity contribution in [2.45, 2.75) is 13.8 Å². The number of hydrogen-bond donors (Lipinski definition) is 1. The molecule has 1 N–H and O–H groups in total. The van der Waals surface area contributed by atoms with E-state index in [-0.39, 0.29) is 17.5 Å². The standard InChI is InChI=1S/C22H20N8O3S/c1-13-20(14(2)27-22(26-13)30-11-16(8-24)12-30)33-21-19(29-34(3,31)32)5-4-18(28-21)17-6-15(7-23)9-25-10-17/h4-6,9-10,16,29H,11-12H2,1-3H3. The maximum absolute atomic E-state index is 11.9. The number of aryl methyl sites for hydroxylation is 2. The van der Waals surface area contributed by atoms with Gasteiger partial charge in [0.25, 0.3) is 0 Å². The van der Waals surface area contributed by atoms with E-state index in [0.29, 0.717) is 53.0 Å². The molecule has 0 atom stereocenters. The van der Waals surface area contributed by atoms with E-state index in [1.807, 2.05) is 11.0 Å². The van der Waals surface area contributed by atoms with Crippen LogP contribution in [0.4, 0.5) is 11.6 Å². The second-order valence-corrected chi connectivity index (χ2v) is 9.60. The summed E-state index contributed by atoms with van der Waals surface area (Å²) in [4.78, 5) is 19.4. The van der Waals surface area contributed by atoms with Gasteiger partial charge in [0.2, 0.25) is 21.9 Å². The zero-order valence-electron chi connectivity index (χ0n) is 18.6. The summed E-state index contributed by atoms with van der Waals surface area (Å²) < 4.78 is 32.2. The molecule has 172 valence electrons. The summed E-state index contributed by atoms with van der Waals surface area (Å²) >= 11 is 0. The molecule has 3 aromatic heterocycles. The Bertz CT molecular complexity index is 1430. The second kappa shape index (κ2) is 8.92. The average Bonchev–Trinajstić information content (AvgIpc) is 2.75. The van der Waals surface area contributed by atoms with Crippen molar-refractivity contribution in [2.24, 2.45) is 5.92 Å². The first-order valence-electron chi connectivity index (χ1n) is 10.2. The van der Waals surface area contributed by atoms with E-state index in [4.69, 9.17) is 15.3 Å². The number of hydrogen-bond acceptors (Lipinski definition) is 10. The van der Waals surface area contributed by atoms with E-state index >= 15 is 0 Å². The van der Waals surface area contributed by atoms with Crippen molar-refractivity contribution < 1.29 is 13.2 Å². The molecule has 0 aliphatic carbocycles. The van der Waals surface area contributed by atoms with Gasteiger partial charge < -0.3 is 9.64 Å². The van der Waals surface area contributed by atoms with Gasteiger partial charge in [-0.05, 0) is 32.0 Å². The van der Waals surface area contributed by atoms with Gasteiger partial charge in [0.15, 0.2) is 5.75 Å². The molecule has 4 heterocycles. The monoisotopic (exact) mass is 476 g/mol. The molecule has 11 nitrogen and oxygen atoms in total. The fraction of sp³-hybridized carbons (Fsp3) is 0.273. The molecular formula is C22H20N8O3S. The molecule has 4 rings (SSSR count). The van der Waals surface area contributed by atoms with Crippen LogP contribution in [0.3, 0.4) is 0 Å². The van der Waals surface area contributed by atoms with Gasteiger partial charge in [0.05, 0.1) is 40.9 Å². The van der Waals surface area contributed by atoms with Crippen molar-refractivity contribution >= 4 is 21.7 Å². The topological polar surface area (TPSA) is 158 Å². The predicted octanol–water partition coefficient (Wildman–Crippen LogP) is 2.55. The highest BCUT2D eigenvalue weighted by Gasteiger charge is 2.29. The Morgan fingerprint density at radius 1 is 1.12 bits per heavy atom. The molecule has 3 aromatic rings. The molecule has 1 aliphatic rings. The highest BCUT2D eigenvalue weighted by Crippen LogP contribution is 2.35. The lowest BCUT2D eigenvalue weighted by atomic mass is 10.0. The quantitative estimate of drug-likeness (QED) is 0.560. The molecule has 0 spiro atoms. The smallest absolute Gasteiger partial charge is 0.244 e. The number of sulfonamides is 1. The highest BCUT2D eigenvalue weighted by molar-refractivity contribution is 7.92. The molecule has 1 saturated heterocycles. The van der Waals surface area contributed by atoms with Crippen LogP contribution in [-0.2, 0) is 10.0 Å². The van der Waals surface area contributed by atoms with Crippen LogP contribution >= 0.6 is 0 Å². The minimum absolute atomic E-state index is 0.00123. The molecule has 1 fully saturated rings. The van der Waals surface area contributed by atoms with Crippen LogP contribution < -0.4 is 14.4 Å². The molecule has 0 saturated carbocycles. The highest BCUT2D eigenvalue weighted by atomic mass is 32.2. The first kappa shape index (κ1) is 22.9. The maximum Gasteiger partial charge on any atom is 0.244 e. The summed E-state index contributed by atoms with van der Waals surface area (Å²) in [7, 11) is -3.61. The van der Waals surface area contributed by atoms with Gasteiger partial charge in [-0.3, -0.25) is 9.71 Å². The lowest BCUT2D eigenvalue weighted by Crippen LogP contribution is -2.47. The van der Waals surface area contributed by atoms with Gasteiger partial charge in [-0.25, -0.2) is 23.4 Å². The van der Waals surface area contributed by atoms with E-state index in [9.17, 15) is 8.42 Å². The van der Waals surface area contributed by atoms with Crippen LogP contribution in [0, 0.1) is 42.4 Å². The van der Waals surface area contributed by atoms with Crippen molar-refractivity contribution in [2.75, 3.05) is 29.0 Å². The maximum atomic E-state index is 11.9. The fourth-order valence-electron chi connectivity index (χ4n) is 3.40. The molecular weight excluding hydrogens is 456 g/mol. The molecule has 0 bridgehead atoms. The van der Waals surface area contributed by atoms with Crippen molar-refractivity contribution in [1.29, 1.82) is 10.5 Å². The van der Waals surface area contributed by atoms with Gasteiger partial charge in [-0.1, -0.05) is 0 Å². The van der Waals surface area contributed by atoms with Gasteiger partial charge in [-0.2, -0.15) is 10.5 Å². The molecule has 0 amide bonds. The molecule has 12 heteroatoms. The molecule has 0 radical (unpaired) electrons. The van der Waals surface area contributed by atoms with Gasteiger partial charge in [0.1, 0.15) is 11.8 Å². The van der Waals surface area contributed by atoms with E-state index < -0.39 is 10.0 Å². The summed E-state index contributed by atoms with van der Waals surface area (Å²) in [6, 6.07) is 9.00. The number of nitrogens with one attached hydrogen (secondary N) is 1. The van der Waals surface area contributed by atoms with Crippen LogP contribution in [0.2, 0.25) is 0 Å². The van der Waals surface area contributed by atoms with E-state index in [2.05, 4.69) is 30.7 Å². The Labute approximate surface area is 196 Å². The Morgan fingerprint density at radius 3 is 2.44 bits per heavy atom. The SMILES string of the molecule is Cc1nc(N2CC(C#N)C2)nc(C)c1Oc1nc(-c2cncc(C#N)c2)ccc1NS(C)(=O)=O. The summed E-state index contributed by atoms with van der Waals surface area (Å²) in [5.74, 6) is 0.808. The van der Waals surface area contributed by atoms with Crippen molar-refractivity contribution in [1.82, 2.24) is 19.9 Å². The van der Waals surface area contributed by atoms with Gasteiger partial charge in [-0.15, -0.1) is 0 Å². The number of rotatable bonds is 6. The predicted molar refractivity (Wildman–Crippen MR) is 124 cm³/mol. The zero-order valence-corrected chi connectivity index (χ0v) is 19.5. The number of aromatic nitrogens is 4. The third-order valence-corrected chi connectivity index (χ3v) is 5.65. The van der Waals surface area contributed by atoms with Gasteiger partial charge in [0, 0.05) is 31.0 Å². The summed E-state index contributed by atoms with van der Waals surface area (Å²) in [5.41, 5.74) is 2.58. The first-order chi connectivity index (χ1) is 16.2. The van der Waals surface area contributed by atoms with Crippen LogP contribution in [0.15, 0.2) is 30.6 Å². The number of nitriles is 2. The number of pyridine rings is 2. The summed E-state index contributed by atoms with van der Waals surface area (Å²) in [6.45, 7) is 4.64. The normalized spacial score (nSPS) is 13.5. The molecule has 0 aromatic carbocycles. The Hall–Kier alpha value is -4.29. The zero-order chi connectivity index (χ0) is 24.5. The Balaban J connectivity index is 1.72. The third kappa shape index (κ3) is 4.87. The van der Waals surface area contributed by atoms with E-state index in [1.165, 1.54) is 12.3 Å². The van der Waals surface area contributed by atoms with Crippen molar-refractivity contribution in [3.63, 3.8) is 0 Å². The van der Waals surface area contributed by atoms with Gasteiger partial charge >= 0.3 is 0 Å². The molecule has 1 aliphatic heterocycles. The first-order valence-corrected chi connectivity index (χ1v) is 12.1. The molecule has 34 heavy (non-hydrogen) atoms. The Kier molecular flexibility index (Phi) is 6.01. The lowest BCUT2D eigenvalue weighted by Gasteiger charge is -2.35. The molecule has 0 unspecified atom stereocenters. The summed E-state index contributed by atoms with van der Waals surface area (Å²) in [5, 5.41) is 18.2. The lowest BCUT2D eigenvalue weighted by molar-refractivity contribution is 0.448. The number of nitrogens with zero attached hydrogens (tertiary/aromatic N) is 7. The van der Waals surface area contributed by atoms with Crippen LogP contribution in [0.5, 0.6) is 11.6 Å². The fourth-order valence-corrected chi connectivity index (χ4v) is 3.95. The van der Waals surface area contributed by atoms with E-state index in [0.717, 1.165) is 6.26 Å². The van der Waals surface area contributed by atoms with Crippen LogP contribution in [0.1, 0.15) is 17.0 Å². The Morgan fingerprint density at radius 2 is 1.82 bits per heavy atom. The number of ether oxygens (including phenoxy) is 1. The average molecular weight is 477 g/mol. The number of anilines is 2. The summed E-state index contributed by atoms with van der Waals surface area (Å²) in [6.07, 6.45) is 4.01. The van der Waals surface area contributed by atoms with Crippen molar-refractivity contribution in [3.8, 4) is 35.0 Å². The minimum Gasteiger partial charge on any atom is -0.433 e. The van der Waals surface area contributed by atoms with Crippen molar-refractivity contribution in [3.05, 3.63) is 47.5 Å². The minimum atomic E-state index is -3.61. The third-order valence-electron chi connectivity index (χ3n) is 5.06. The van der Waals surface area contributed by atoms with Crippen LogP contribution in [-0.4, -0.2) is 47.7 Å². The second-order valence-electron chi connectivity index (χ2n) is 7.85. The van der Waals surface area contributed by atoms with E-state index in [1.54, 1.807) is 32.2 Å². The van der Waals surface area contributed by atoms with Crippen LogP contribution in [0.25, 0.3) is 11.3 Å². The largest absolute Gasteiger partial charge is 0.433 e.